The summed E-state index contributed by atoms with van der Waals surface area (Å²) in [5, 5.41) is 0.397. The van der Waals surface area contributed by atoms with Crippen LogP contribution in [0.3, 0.4) is 0 Å². The first-order valence-electron chi connectivity index (χ1n) is 5.54. The van der Waals surface area contributed by atoms with Crippen molar-refractivity contribution in [1.82, 2.24) is 4.90 Å². The van der Waals surface area contributed by atoms with Crippen molar-refractivity contribution < 1.29 is 4.39 Å². The Hall–Kier alpha value is -1.29. The Kier molecular flexibility index (Phi) is 3.24. The van der Waals surface area contributed by atoms with E-state index in [-0.39, 0.29) is 17.9 Å². The maximum atomic E-state index is 13.9. The van der Waals surface area contributed by atoms with Crippen LogP contribution < -0.4 is 5.73 Å². The number of hydrogen-bond acceptors (Lipinski definition) is 3. The molecule has 3 nitrogen and oxygen atoms in total. The van der Waals surface area contributed by atoms with Crippen molar-refractivity contribution in [3.05, 3.63) is 34.6 Å². The zero-order chi connectivity index (χ0) is 12.6. The molecule has 0 radical (unpaired) electrons. The van der Waals surface area contributed by atoms with E-state index in [1.54, 1.807) is 12.1 Å². The maximum absolute atomic E-state index is 13.9. The highest BCUT2D eigenvalue weighted by Crippen LogP contribution is 2.30. The minimum Gasteiger partial charge on any atom is -0.370 e. The number of halogens is 2. The predicted octanol–water partition coefficient (Wildman–Crippen LogP) is 2.56. The van der Waals surface area contributed by atoms with E-state index in [9.17, 15) is 4.39 Å². The van der Waals surface area contributed by atoms with Crippen molar-refractivity contribution >= 4 is 17.6 Å². The van der Waals surface area contributed by atoms with E-state index < -0.39 is 0 Å². The molecule has 1 unspecified atom stereocenters. The van der Waals surface area contributed by atoms with E-state index in [4.69, 9.17) is 17.3 Å². The van der Waals surface area contributed by atoms with Gasteiger partial charge in [0.1, 0.15) is 5.82 Å². The molecule has 0 spiro atoms. The smallest absolute Gasteiger partial charge is 0.192 e. The van der Waals surface area contributed by atoms with Gasteiger partial charge in [-0.05, 0) is 26.0 Å². The second-order valence-corrected chi connectivity index (χ2v) is 4.82. The molecule has 0 bridgehead atoms. The molecule has 0 saturated carbocycles. The Balaban J connectivity index is 2.35. The number of rotatable bonds is 2. The van der Waals surface area contributed by atoms with Crippen molar-refractivity contribution in [2.75, 3.05) is 6.54 Å². The van der Waals surface area contributed by atoms with Crippen molar-refractivity contribution in [2.45, 2.75) is 25.9 Å². The minimum atomic E-state index is -0.307. The fourth-order valence-corrected chi connectivity index (χ4v) is 2.31. The zero-order valence-corrected chi connectivity index (χ0v) is 10.6. The lowest BCUT2D eigenvalue weighted by Crippen LogP contribution is -2.41. The van der Waals surface area contributed by atoms with Gasteiger partial charge in [0, 0.05) is 16.6 Å². The summed E-state index contributed by atoms with van der Waals surface area (Å²) in [7, 11) is 0. The van der Waals surface area contributed by atoms with E-state index in [0.717, 1.165) is 0 Å². The molecule has 0 amide bonds. The summed E-state index contributed by atoms with van der Waals surface area (Å²) in [6.45, 7) is 4.51. The lowest BCUT2D eigenvalue weighted by molar-refractivity contribution is 0.284. The van der Waals surface area contributed by atoms with Gasteiger partial charge >= 0.3 is 0 Å². The first-order valence-corrected chi connectivity index (χ1v) is 5.91. The second kappa shape index (κ2) is 4.53. The average molecular weight is 256 g/mol. The van der Waals surface area contributed by atoms with Crippen LogP contribution in [0.5, 0.6) is 0 Å². The molecule has 92 valence electrons. The van der Waals surface area contributed by atoms with Crippen molar-refractivity contribution in [3.8, 4) is 0 Å². The van der Waals surface area contributed by atoms with Crippen LogP contribution in [0.1, 0.15) is 25.5 Å². The fraction of sp³-hybridized carbons (Fsp3) is 0.417. The largest absolute Gasteiger partial charge is 0.370 e. The Morgan fingerprint density at radius 2 is 2.24 bits per heavy atom. The zero-order valence-electron chi connectivity index (χ0n) is 9.82. The number of benzene rings is 1. The topological polar surface area (TPSA) is 41.6 Å². The molecule has 1 aromatic rings. The van der Waals surface area contributed by atoms with Crippen LogP contribution in [0.4, 0.5) is 4.39 Å². The van der Waals surface area contributed by atoms with Gasteiger partial charge in [-0.2, -0.15) is 0 Å². The van der Waals surface area contributed by atoms with Gasteiger partial charge in [0.2, 0.25) is 0 Å². The van der Waals surface area contributed by atoms with E-state index in [1.807, 2.05) is 18.7 Å². The van der Waals surface area contributed by atoms with Gasteiger partial charge < -0.3 is 10.6 Å². The predicted molar refractivity (Wildman–Crippen MR) is 67.6 cm³/mol. The van der Waals surface area contributed by atoms with Crippen LogP contribution in [-0.4, -0.2) is 23.4 Å². The number of aliphatic imine (C=N–C) groups is 1. The summed E-state index contributed by atoms with van der Waals surface area (Å²) in [5.74, 6) is 0.164. The highest BCUT2D eigenvalue weighted by atomic mass is 35.5. The van der Waals surface area contributed by atoms with E-state index in [0.29, 0.717) is 23.1 Å². The third-order valence-electron chi connectivity index (χ3n) is 2.90. The van der Waals surface area contributed by atoms with Gasteiger partial charge in [0.05, 0.1) is 12.6 Å². The number of nitrogens with two attached hydrogens (primary N) is 1. The molecule has 0 aliphatic carbocycles. The van der Waals surface area contributed by atoms with Crippen LogP contribution >= 0.6 is 11.6 Å². The van der Waals surface area contributed by atoms with Crippen molar-refractivity contribution in [3.63, 3.8) is 0 Å². The normalized spacial score (nSPS) is 19.9. The quantitative estimate of drug-likeness (QED) is 0.883. The number of nitrogens with zero attached hydrogens (tertiary/aromatic N) is 2. The molecule has 1 heterocycles. The highest BCUT2D eigenvalue weighted by molar-refractivity contribution is 6.30. The van der Waals surface area contributed by atoms with Gasteiger partial charge in [-0.15, -0.1) is 0 Å². The monoisotopic (exact) mass is 255 g/mol. The Labute approximate surface area is 105 Å². The molecule has 5 heteroatoms. The summed E-state index contributed by atoms with van der Waals surface area (Å²) < 4.78 is 13.9. The molecular formula is C12H15ClFN3. The molecule has 1 aromatic carbocycles. The van der Waals surface area contributed by atoms with Crippen molar-refractivity contribution in [2.24, 2.45) is 10.7 Å². The van der Waals surface area contributed by atoms with Crippen LogP contribution in [0.15, 0.2) is 23.2 Å². The van der Waals surface area contributed by atoms with E-state index >= 15 is 0 Å². The van der Waals surface area contributed by atoms with Crippen LogP contribution in [0.2, 0.25) is 5.02 Å². The summed E-state index contributed by atoms with van der Waals surface area (Å²) in [4.78, 5) is 6.10. The molecular weight excluding hydrogens is 241 g/mol. The third-order valence-corrected chi connectivity index (χ3v) is 3.14. The number of hydrogen-bond donors (Lipinski definition) is 1. The summed E-state index contributed by atoms with van der Waals surface area (Å²) in [6, 6.07) is 4.76. The molecule has 1 aliphatic rings. The van der Waals surface area contributed by atoms with Crippen molar-refractivity contribution in [1.29, 1.82) is 0 Å². The average Bonchev–Trinajstić information content (AvgIpc) is 2.60. The molecule has 1 aliphatic heterocycles. The fourth-order valence-electron chi connectivity index (χ4n) is 2.15. The first-order chi connectivity index (χ1) is 8.00. The Bertz CT molecular complexity index is 459. The van der Waals surface area contributed by atoms with Gasteiger partial charge in [0.15, 0.2) is 5.96 Å². The third kappa shape index (κ3) is 2.22. The minimum absolute atomic E-state index is 0.132. The lowest BCUT2D eigenvalue weighted by atomic mass is 10.0. The molecule has 0 fully saturated rings. The van der Waals surface area contributed by atoms with E-state index in [1.165, 1.54) is 6.07 Å². The SMILES string of the molecule is CC(C)N1C(N)=NCC1c1ccc(Cl)cc1F. The molecule has 0 aromatic heterocycles. The van der Waals surface area contributed by atoms with Gasteiger partial charge in [-0.3, -0.25) is 4.99 Å². The molecule has 0 saturated heterocycles. The van der Waals surface area contributed by atoms with Gasteiger partial charge in [0.25, 0.3) is 0 Å². The highest BCUT2D eigenvalue weighted by Gasteiger charge is 2.31. The summed E-state index contributed by atoms with van der Waals surface area (Å²) in [5.41, 5.74) is 6.41. The Morgan fingerprint density at radius 1 is 1.53 bits per heavy atom. The van der Waals surface area contributed by atoms with Gasteiger partial charge in [-0.1, -0.05) is 17.7 Å². The molecule has 17 heavy (non-hydrogen) atoms. The number of guanidine groups is 1. The van der Waals surface area contributed by atoms with Crippen LogP contribution in [-0.2, 0) is 0 Å². The molecule has 2 rings (SSSR count). The second-order valence-electron chi connectivity index (χ2n) is 4.38. The van der Waals surface area contributed by atoms with Crippen LogP contribution in [0.25, 0.3) is 0 Å². The summed E-state index contributed by atoms with van der Waals surface area (Å²) >= 11 is 5.74. The van der Waals surface area contributed by atoms with E-state index in [2.05, 4.69) is 4.99 Å². The van der Waals surface area contributed by atoms with Crippen LogP contribution in [0, 0.1) is 5.82 Å². The first kappa shape index (κ1) is 12.2. The summed E-state index contributed by atoms with van der Waals surface area (Å²) in [6.07, 6.45) is 0. The Morgan fingerprint density at radius 3 is 2.82 bits per heavy atom. The maximum Gasteiger partial charge on any atom is 0.192 e. The van der Waals surface area contributed by atoms with Gasteiger partial charge in [-0.25, -0.2) is 4.39 Å². The standard InChI is InChI=1S/C12H15ClFN3/c1-7(2)17-11(6-16-12(17)15)9-4-3-8(13)5-10(9)14/h3-5,7,11H,6H2,1-2H3,(H2,15,16). The molecule has 1 atom stereocenters. The molecule has 2 N–H and O–H groups in total. The lowest BCUT2D eigenvalue weighted by Gasteiger charge is -2.30.